The number of amides is 2. The molecule has 0 atom stereocenters. The zero-order valence-electron chi connectivity index (χ0n) is 15.2. The summed E-state index contributed by atoms with van der Waals surface area (Å²) in [6.07, 6.45) is 0.429. The highest BCUT2D eigenvalue weighted by Crippen LogP contribution is 2.27. The maximum Gasteiger partial charge on any atom is 0.273 e. The molecule has 0 radical (unpaired) electrons. The number of carbonyl (C=O) groups is 2. The van der Waals surface area contributed by atoms with Gasteiger partial charge < -0.3 is 9.47 Å². The highest BCUT2D eigenvalue weighted by Gasteiger charge is 2.18. The van der Waals surface area contributed by atoms with Gasteiger partial charge in [0.25, 0.3) is 11.6 Å². The fourth-order valence-corrected chi connectivity index (χ4v) is 2.71. The van der Waals surface area contributed by atoms with Gasteiger partial charge in [0.15, 0.2) is 0 Å². The Bertz CT molecular complexity index is 922. The summed E-state index contributed by atoms with van der Waals surface area (Å²) in [5.74, 6) is -0.630. The standard InChI is InChI=1S/C18H17Cl2N3O6/c1-28-15-7-5-12(23(26)27)10-13(15)18(25)22-21-17(24)3-2-8-29-16-6-4-11(19)9-14(16)20/h4-7,9-10H,2-3,8H2,1H3,(H,21,24)(H,22,25). The van der Waals surface area contributed by atoms with E-state index in [1.165, 1.54) is 19.2 Å². The molecule has 2 aromatic rings. The first-order valence-electron chi connectivity index (χ1n) is 8.31. The average molecular weight is 442 g/mol. The van der Waals surface area contributed by atoms with Crippen molar-refractivity contribution in [3.05, 3.63) is 62.1 Å². The molecule has 29 heavy (non-hydrogen) atoms. The highest BCUT2D eigenvalue weighted by atomic mass is 35.5. The summed E-state index contributed by atoms with van der Waals surface area (Å²) in [6, 6.07) is 8.37. The van der Waals surface area contributed by atoms with Gasteiger partial charge in [-0.2, -0.15) is 0 Å². The Morgan fingerprint density at radius 1 is 1.10 bits per heavy atom. The SMILES string of the molecule is COc1ccc([N+](=O)[O-])cc1C(=O)NNC(=O)CCCOc1ccc(Cl)cc1Cl. The van der Waals surface area contributed by atoms with Crippen LogP contribution in [-0.2, 0) is 4.79 Å². The first kappa shape index (κ1) is 22.3. The number of ether oxygens (including phenoxy) is 2. The topological polar surface area (TPSA) is 120 Å². The van der Waals surface area contributed by atoms with Crippen LogP contribution in [0.3, 0.4) is 0 Å². The number of benzene rings is 2. The van der Waals surface area contributed by atoms with E-state index in [2.05, 4.69) is 10.9 Å². The molecule has 9 nitrogen and oxygen atoms in total. The van der Waals surface area contributed by atoms with E-state index in [0.29, 0.717) is 22.2 Å². The fraction of sp³-hybridized carbons (Fsp3) is 0.222. The monoisotopic (exact) mass is 441 g/mol. The quantitative estimate of drug-likeness (QED) is 0.367. The number of hydrazine groups is 1. The lowest BCUT2D eigenvalue weighted by atomic mass is 10.1. The van der Waals surface area contributed by atoms with Gasteiger partial charge in [0.1, 0.15) is 11.5 Å². The second kappa shape index (κ2) is 10.5. The minimum absolute atomic E-state index is 0.0670. The molecular weight excluding hydrogens is 425 g/mol. The van der Waals surface area contributed by atoms with Gasteiger partial charge in [-0.05, 0) is 30.7 Å². The maximum atomic E-state index is 12.2. The third-order valence-corrected chi connectivity index (χ3v) is 4.18. The number of hydrogen-bond donors (Lipinski definition) is 2. The van der Waals surface area contributed by atoms with E-state index >= 15 is 0 Å². The molecule has 154 valence electrons. The molecule has 0 spiro atoms. The second-order valence-corrected chi connectivity index (χ2v) is 6.51. The number of nitro benzene ring substituents is 1. The molecule has 0 aromatic heterocycles. The highest BCUT2D eigenvalue weighted by molar-refractivity contribution is 6.35. The number of nitro groups is 1. The van der Waals surface area contributed by atoms with E-state index in [1.54, 1.807) is 18.2 Å². The zero-order chi connectivity index (χ0) is 21.4. The van der Waals surface area contributed by atoms with Gasteiger partial charge in [-0.1, -0.05) is 23.2 Å². The third kappa shape index (κ3) is 6.51. The molecule has 0 saturated carbocycles. The lowest BCUT2D eigenvalue weighted by molar-refractivity contribution is -0.384. The van der Waals surface area contributed by atoms with Crippen LogP contribution in [0, 0.1) is 10.1 Å². The molecule has 0 aliphatic rings. The smallest absolute Gasteiger partial charge is 0.273 e. The van der Waals surface area contributed by atoms with Crippen molar-refractivity contribution in [2.45, 2.75) is 12.8 Å². The average Bonchev–Trinajstić information content (AvgIpc) is 2.70. The Balaban J connectivity index is 1.81. The maximum absolute atomic E-state index is 12.2. The van der Waals surface area contributed by atoms with Crippen LogP contribution in [0.2, 0.25) is 10.0 Å². The van der Waals surface area contributed by atoms with Crippen molar-refractivity contribution in [2.75, 3.05) is 13.7 Å². The molecule has 0 saturated heterocycles. The molecule has 2 aromatic carbocycles. The summed E-state index contributed by atoms with van der Waals surface area (Å²) in [6.45, 7) is 0.224. The molecular formula is C18H17Cl2N3O6. The van der Waals surface area contributed by atoms with E-state index in [4.69, 9.17) is 32.7 Å². The summed E-state index contributed by atoms with van der Waals surface area (Å²) >= 11 is 11.8. The molecule has 0 aliphatic carbocycles. The number of halogens is 2. The molecule has 11 heteroatoms. The molecule has 0 bridgehead atoms. The molecule has 0 unspecified atom stereocenters. The lowest BCUT2D eigenvalue weighted by Crippen LogP contribution is -2.41. The van der Waals surface area contributed by atoms with Gasteiger partial charge in [0, 0.05) is 23.6 Å². The first-order chi connectivity index (χ1) is 13.8. The molecule has 2 N–H and O–H groups in total. The molecule has 2 amide bonds. The van der Waals surface area contributed by atoms with Crippen LogP contribution in [0.25, 0.3) is 0 Å². The van der Waals surface area contributed by atoms with Gasteiger partial charge in [-0.25, -0.2) is 0 Å². The number of nitrogens with zero attached hydrogens (tertiary/aromatic N) is 1. The Kier molecular flexibility index (Phi) is 8.05. The fourth-order valence-electron chi connectivity index (χ4n) is 2.25. The molecule has 2 rings (SSSR count). The number of rotatable bonds is 8. The summed E-state index contributed by atoms with van der Waals surface area (Å²) in [5, 5.41) is 11.7. The normalized spacial score (nSPS) is 10.2. The summed E-state index contributed by atoms with van der Waals surface area (Å²) < 4.78 is 10.5. The molecule has 0 heterocycles. The summed E-state index contributed by atoms with van der Waals surface area (Å²) in [7, 11) is 1.32. The second-order valence-electron chi connectivity index (χ2n) is 5.67. The van der Waals surface area contributed by atoms with Crippen molar-refractivity contribution in [1.82, 2.24) is 10.9 Å². The Hall–Kier alpha value is -3.04. The van der Waals surface area contributed by atoms with Crippen LogP contribution >= 0.6 is 23.2 Å². The summed E-state index contributed by atoms with van der Waals surface area (Å²) in [5.41, 5.74) is 4.07. The minimum Gasteiger partial charge on any atom is -0.496 e. The van der Waals surface area contributed by atoms with Gasteiger partial charge in [-0.3, -0.25) is 30.6 Å². The molecule has 0 aliphatic heterocycles. The van der Waals surface area contributed by atoms with Crippen molar-refractivity contribution in [2.24, 2.45) is 0 Å². The van der Waals surface area contributed by atoms with E-state index in [9.17, 15) is 19.7 Å². The van der Waals surface area contributed by atoms with E-state index < -0.39 is 16.7 Å². The first-order valence-corrected chi connectivity index (χ1v) is 9.07. The molecule has 0 fully saturated rings. The number of methoxy groups -OCH3 is 1. The van der Waals surface area contributed by atoms with Crippen molar-refractivity contribution in [1.29, 1.82) is 0 Å². The van der Waals surface area contributed by atoms with Crippen LogP contribution < -0.4 is 20.3 Å². The Morgan fingerprint density at radius 2 is 1.83 bits per heavy atom. The van der Waals surface area contributed by atoms with Crippen molar-refractivity contribution < 1.29 is 24.0 Å². The van der Waals surface area contributed by atoms with Gasteiger partial charge in [0.2, 0.25) is 5.91 Å². The summed E-state index contributed by atoms with van der Waals surface area (Å²) in [4.78, 5) is 34.3. The van der Waals surface area contributed by atoms with Crippen LogP contribution in [0.15, 0.2) is 36.4 Å². The van der Waals surface area contributed by atoms with Gasteiger partial charge in [0.05, 0.1) is 29.2 Å². The van der Waals surface area contributed by atoms with Gasteiger partial charge >= 0.3 is 0 Å². The van der Waals surface area contributed by atoms with Crippen molar-refractivity contribution in [3.8, 4) is 11.5 Å². The van der Waals surface area contributed by atoms with E-state index in [0.717, 1.165) is 6.07 Å². The Labute approximate surface area is 176 Å². The number of nitrogens with one attached hydrogen (secondary N) is 2. The van der Waals surface area contributed by atoms with E-state index in [1.807, 2.05) is 0 Å². The minimum atomic E-state index is -0.747. The van der Waals surface area contributed by atoms with Crippen LogP contribution in [0.5, 0.6) is 11.5 Å². The number of hydrogen-bond acceptors (Lipinski definition) is 6. The number of carbonyl (C=O) groups excluding carboxylic acids is 2. The van der Waals surface area contributed by atoms with Crippen LogP contribution in [0.1, 0.15) is 23.2 Å². The van der Waals surface area contributed by atoms with Gasteiger partial charge in [-0.15, -0.1) is 0 Å². The number of non-ortho nitro benzene ring substituents is 1. The van der Waals surface area contributed by atoms with Crippen molar-refractivity contribution in [3.63, 3.8) is 0 Å². The Morgan fingerprint density at radius 3 is 2.48 bits per heavy atom. The predicted octanol–water partition coefficient (Wildman–Crippen LogP) is 3.53. The van der Waals surface area contributed by atoms with Crippen molar-refractivity contribution >= 4 is 40.7 Å². The van der Waals surface area contributed by atoms with Crippen LogP contribution in [0.4, 0.5) is 5.69 Å². The van der Waals surface area contributed by atoms with E-state index in [-0.39, 0.29) is 30.0 Å². The third-order valence-electron chi connectivity index (χ3n) is 3.65. The largest absolute Gasteiger partial charge is 0.496 e. The predicted molar refractivity (Wildman–Crippen MR) is 106 cm³/mol. The van der Waals surface area contributed by atoms with Crippen LogP contribution in [-0.4, -0.2) is 30.5 Å². The zero-order valence-corrected chi connectivity index (χ0v) is 16.7. The lowest BCUT2D eigenvalue weighted by Gasteiger charge is -2.11.